The fraction of sp³-hybridized carbons (Fsp3) is 0.643. The molecule has 0 atom stereocenters. The van der Waals surface area contributed by atoms with Gasteiger partial charge in [0.15, 0.2) is 5.57 Å². The molecule has 8 heteroatoms. The highest BCUT2D eigenvalue weighted by Gasteiger charge is 2.41. The Balaban J connectivity index is 2.86. The third-order valence-electron chi connectivity index (χ3n) is 2.47. The fourth-order valence-electron chi connectivity index (χ4n) is 1.60. The van der Waals surface area contributed by atoms with Gasteiger partial charge in [0.1, 0.15) is 11.4 Å². The van der Waals surface area contributed by atoms with Crippen LogP contribution >= 0.6 is 0 Å². The number of rotatable bonds is 2. The van der Waals surface area contributed by atoms with E-state index in [0.717, 1.165) is 4.90 Å². The Hall–Kier alpha value is -2.25. The minimum atomic E-state index is -1.39. The van der Waals surface area contributed by atoms with E-state index in [1.165, 1.54) is 20.9 Å². The Kier molecular flexibility index (Phi) is 4.74. The van der Waals surface area contributed by atoms with Crippen LogP contribution in [0.2, 0.25) is 0 Å². The van der Waals surface area contributed by atoms with Gasteiger partial charge >= 0.3 is 18.0 Å². The van der Waals surface area contributed by atoms with Crippen LogP contribution in [-0.2, 0) is 23.8 Å². The van der Waals surface area contributed by atoms with E-state index in [2.05, 4.69) is 0 Å². The number of esters is 2. The van der Waals surface area contributed by atoms with Crippen LogP contribution in [0.4, 0.5) is 4.79 Å². The van der Waals surface area contributed by atoms with Crippen molar-refractivity contribution in [2.45, 2.75) is 46.0 Å². The van der Waals surface area contributed by atoms with Crippen LogP contribution in [0.1, 0.15) is 34.6 Å². The zero-order valence-electron chi connectivity index (χ0n) is 13.6. The third-order valence-corrected chi connectivity index (χ3v) is 2.47. The summed E-state index contributed by atoms with van der Waals surface area (Å²) in [7, 11) is 1.36. The summed E-state index contributed by atoms with van der Waals surface area (Å²) in [4.78, 5) is 36.3. The SMILES string of the molecule is CN(CC(O)=C1C(=O)OC(C)(C)OC1=O)C(=O)OC(C)(C)C. The van der Waals surface area contributed by atoms with Crippen LogP contribution in [-0.4, -0.2) is 53.0 Å². The monoisotopic (exact) mass is 315 g/mol. The number of nitrogens with zero attached hydrogens (tertiary/aromatic N) is 1. The predicted octanol–water partition coefficient (Wildman–Crippen LogP) is 1.50. The Bertz CT molecular complexity index is 506. The van der Waals surface area contributed by atoms with Gasteiger partial charge in [-0.3, -0.25) is 0 Å². The Morgan fingerprint density at radius 1 is 1.23 bits per heavy atom. The molecule has 1 rings (SSSR count). The van der Waals surface area contributed by atoms with Gasteiger partial charge in [-0.2, -0.15) is 0 Å². The van der Waals surface area contributed by atoms with E-state index in [-0.39, 0.29) is 0 Å². The van der Waals surface area contributed by atoms with Gasteiger partial charge in [-0.15, -0.1) is 0 Å². The quantitative estimate of drug-likeness (QED) is 0.356. The molecule has 0 unspecified atom stereocenters. The number of ether oxygens (including phenoxy) is 3. The van der Waals surface area contributed by atoms with Crippen LogP contribution in [0, 0.1) is 0 Å². The molecule has 0 spiro atoms. The molecular weight excluding hydrogens is 294 g/mol. The molecule has 22 heavy (non-hydrogen) atoms. The topological polar surface area (TPSA) is 102 Å². The van der Waals surface area contributed by atoms with Gasteiger partial charge in [0.25, 0.3) is 5.79 Å². The van der Waals surface area contributed by atoms with Crippen molar-refractivity contribution in [2.75, 3.05) is 13.6 Å². The van der Waals surface area contributed by atoms with Crippen LogP contribution in [0.5, 0.6) is 0 Å². The van der Waals surface area contributed by atoms with Crippen molar-refractivity contribution in [2.24, 2.45) is 0 Å². The number of hydrogen-bond acceptors (Lipinski definition) is 7. The first-order valence-corrected chi connectivity index (χ1v) is 6.65. The molecule has 0 bridgehead atoms. The maximum Gasteiger partial charge on any atom is 0.410 e. The van der Waals surface area contributed by atoms with Crippen molar-refractivity contribution in [1.29, 1.82) is 0 Å². The van der Waals surface area contributed by atoms with E-state index in [0.29, 0.717) is 0 Å². The second-order valence-electron chi connectivity index (χ2n) is 6.34. The number of aliphatic hydroxyl groups excluding tert-OH is 1. The molecule has 1 N–H and O–H groups in total. The number of amides is 1. The van der Waals surface area contributed by atoms with Gasteiger partial charge in [-0.1, -0.05) is 0 Å². The lowest BCUT2D eigenvalue weighted by atomic mass is 10.2. The first kappa shape index (κ1) is 17.8. The smallest absolute Gasteiger partial charge is 0.410 e. The van der Waals surface area contributed by atoms with Crippen LogP contribution in [0.3, 0.4) is 0 Å². The Labute approximate surface area is 128 Å². The van der Waals surface area contributed by atoms with E-state index in [1.54, 1.807) is 20.8 Å². The maximum atomic E-state index is 11.8. The van der Waals surface area contributed by atoms with Crippen molar-refractivity contribution in [3.63, 3.8) is 0 Å². The summed E-state index contributed by atoms with van der Waals surface area (Å²) >= 11 is 0. The summed E-state index contributed by atoms with van der Waals surface area (Å²) in [5.41, 5.74) is -1.34. The summed E-state index contributed by atoms with van der Waals surface area (Å²) in [6.45, 7) is 7.46. The zero-order chi connectivity index (χ0) is 17.3. The number of aliphatic hydroxyl groups is 1. The van der Waals surface area contributed by atoms with E-state index < -0.39 is 47.3 Å². The number of hydrogen-bond donors (Lipinski definition) is 1. The normalized spacial score (nSPS) is 17.5. The molecule has 1 saturated heterocycles. The van der Waals surface area contributed by atoms with Crippen LogP contribution < -0.4 is 0 Å². The maximum absolute atomic E-state index is 11.8. The van der Waals surface area contributed by atoms with Crippen molar-refractivity contribution in [3.05, 3.63) is 11.3 Å². The van der Waals surface area contributed by atoms with Crippen molar-refractivity contribution >= 4 is 18.0 Å². The van der Waals surface area contributed by atoms with E-state index >= 15 is 0 Å². The van der Waals surface area contributed by atoms with Gasteiger partial charge in [-0.05, 0) is 20.8 Å². The van der Waals surface area contributed by atoms with Crippen LogP contribution in [0.25, 0.3) is 0 Å². The van der Waals surface area contributed by atoms with Crippen molar-refractivity contribution in [3.8, 4) is 0 Å². The zero-order valence-corrected chi connectivity index (χ0v) is 13.6. The molecule has 1 heterocycles. The summed E-state index contributed by atoms with van der Waals surface area (Å²) < 4.78 is 14.8. The number of carbonyl (C=O) groups excluding carboxylic acids is 3. The average Bonchev–Trinajstić information content (AvgIpc) is 2.22. The number of carbonyl (C=O) groups is 3. The van der Waals surface area contributed by atoms with Gasteiger partial charge in [0.05, 0.1) is 6.54 Å². The average molecular weight is 315 g/mol. The molecule has 0 aromatic carbocycles. The second kappa shape index (κ2) is 5.86. The van der Waals surface area contributed by atoms with E-state index in [9.17, 15) is 19.5 Å². The minimum Gasteiger partial charge on any atom is -0.509 e. The summed E-state index contributed by atoms with van der Waals surface area (Å²) in [5.74, 6) is -4.03. The second-order valence-corrected chi connectivity index (χ2v) is 6.34. The van der Waals surface area contributed by atoms with Gasteiger partial charge in [-0.25, -0.2) is 14.4 Å². The lowest BCUT2D eigenvalue weighted by Gasteiger charge is -2.30. The molecule has 0 saturated carbocycles. The molecule has 1 amide bonds. The number of cyclic esters (lactones) is 2. The molecule has 0 aromatic rings. The molecule has 8 nitrogen and oxygen atoms in total. The first-order chi connectivity index (χ1) is 9.82. The summed E-state index contributed by atoms with van der Waals surface area (Å²) in [6, 6.07) is 0. The molecular formula is C14H21NO7. The lowest BCUT2D eigenvalue weighted by Crippen LogP contribution is -2.43. The molecule has 1 aliphatic rings. The molecule has 0 aromatic heterocycles. The summed E-state index contributed by atoms with van der Waals surface area (Å²) in [5, 5.41) is 9.93. The number of likely N-dealkylation sites (N-methyl/N-ethyl adjacent to an activating group) is 1. The van der Waals surface area contributed by atoms with Gasteiger partial charge in [0.2, 0.25) is 0 Å². The lowest BCUT2D eigenvalue weighted by molar-refractivity contribution is -0.222. The Morgan fingerprint density at radius 2 is 1.68 bits per heavy atom. The molecule has 124 valence electrons. The molecule has 0 aliphatic carbocycles. The van der Waals surface area contributed by atoms with Crippen molar-refractivity contribution < 1.29 is 33.7 Å². The third kappa shape index (κ3) is 4.64. The highest BCUT2D eigenvalue weighted by Crippen LogP contribution is 2.24. The van der Waals surface area contributed by atoms with Gasteiger partial charge < -0.3 is 24.2 Å². The van der Waals surface area contributed by atoms with Gasteiger partial charge in [0, 0.05) is 20.9 Å². The fourth-order valence-corrected chi connectivity index (χ4v) is 1.60. The standard InChI is InChI=1S/C14H21NO7/c1-13(2,3)22-12(19)15(6)7-8(16)9-10(17)20-14(4,5)21-11(9)18/h16H,7H2,1-6H3. The van der Waals surface area contributed by atoms with E-state index in [4.69, 9.17) is 14.2 Å². The van der Waals surface area contributed by atoms with E-state index in [1.807, 2.05) is 0 Å². The van der Waals surface area contributed by atoms with Crippen LogP contribution in [0.15, 0.2) is 11.3 Å². The largest absolute Gasteiger partial charge is 0.509 e. The Morgan fingerprint density at radius 3 is 2.09 bits per heavy atom. The molecule has 0 radical (unpaired) electrons. The molecule has 1 fully saturated rings. The highest BCUT2D eigenvalue weighted by molar-refractivity contribution is 6.15. The highest BCUT2D eigenvalue weighted by atomic mass is 16.7. The minimum absolute atomic E-state index is 0.394. The molecule has 1 aliphatic heterocycles. The summed E-state index contributed by atoms with van der Waals surface area (Å²) in [6.07, 6.45) is -0.711. The van der Waals surface area contributed by atoms with Crippen molar-refractivity contribution in [1.82, 2.24) is 4.90 Å². The predicted molar refractivity (Wildman–Crippen MR) is 74.8 cm³/mol. The first-order valence-electron chi connectivity index (χ1n) is 6.65.